The Hall–Kier alpha value is -1.65. The van der Waals surface area contributed by atoms with Gasteiger partial charge in [0.05, 0.1) is 5.56 Å². The van der Waals surface area contributed by atoms with Gasteiger partial charge in [0.1, 0.15) is 5.75 Å². The lowest BCUT2D eigenvalue weighted by Gasteiger charge is -2.04. The van der Waals surface area contributed by atoms with E-state index in [1.54, 1.807) is 6.92 Å². The van der Waals surface area contributed by atoms with Crippen molar-refractivity contribution in [3.63, 3.8) is 0 Å². The summed E-state index contributed by atoms with van der Waals surface area (Å²) in [6.07, 6.45) is 0. The van der Waals surface area contributed by atoms with Crippen LogP contribution in [0.4, 0.5) is 8.78 Å². The fraction of sp³-hybridized carbons (Fsp3) is 0.222. The van der Waals surface area contributed by atoms with Crippen molar-refractivity contribution in [1.29, 1.82) is 0 Å². The molecular weight excluding hydrogens is 192 g/mol. The van der Waals surface area contributed by atoms with E-state index in [9.17, 15) is 13.6 Å². The lowest BCUT2D eigenvalue weighted by molar-refractivity contribution is 0.0952. The zero-order valence-electron chi connectivity index (χ0n) is 7.47. The molecule has 0 radical (unpaired) electrons. The molecule has 14 heavy (non-hydrogen) atoms. The monoisotopic (exact) mass is 201 g/mol. The number of halogens is 2. The van der Waals surface area contributed by atoms with Crippen LogP contribution in [0.5, 0.6) is 5.75 Å². The molecule has 2 N–H and O–H groups in total. The van der Waals surface area contributed by atoms with Crippen LogP contribution in [0.2, 0.25) is 0 Å². The van der Waals surface area contributed by atoms with E-state index >= 15 is 0 Å². The first-order chi connectivity index (χ1) is 6.56. The number of carbonyl (C=O) groups is 1. The van der Waals surface area contributed by atoms with Crippen LogP contribution in [0, 0.1) is 11.6 Å². The highest BCUT2D eigenvalue weighted by Gasteiger charge is 2.14. The molecule has 0 spiro atoms. The Kier molecular flexibility index (Phi) is 3.01. The van der Waals surface area contributed by atoms with Crippen molar-refractivity contribution >= 4 is 5.91 Å². The van der Waals surface area contributed by atoms with Gasteiger partial charge in [-0.3, -0.25) is 4.79 Å². The van der Waals surface area contributed by atoms with E-state index in [1.165, 1.54) is 0 Å². The molecule has 0 fully saturated rings. The SMILES string of the molecule is CCNC(=O)c1cc(F)c(F)cc1O. The molecule has 0 saturated heterocycles. The van der Waals surface area contributed by atoms with Gasteiger partial charge in [-0.25, -0.2) is 8.78 Å². The summed E-state index contributed by atoms with van der Waals surface area (Å²) in [5, 5.41) is 11.5. The van der Waals surface area contributed by atoms with Gasteiger partial charge in [0.25, 0.3) is 5.91 Å². The van der Waals surface area contributed by atoms with Crippen molar-refractivity contribution in [2.75, 3.05) is 6.54 Å². The Balaban J connectivity index is 3.09. The smallest absolute Gasteiger partial charge is 0.255 e. The van der Waals surface area contributed by atoms with Crippen LogP contribution in [0.15, 0.2) is 12.1 Å². The van der Waals surface area contributed by atoms with Gasteiger partial charge >= 0.3 is 0 Å². The summed E-state index contributed by atoms with van der Waals surface area (Å²) in [4.78, 5) is 11.2. The molecule has 0 aliphatic heterocycles. The second-order valence-electron chi connectivity index (χ2n) is 2.64. The zero-order chi connectivity index (χ0) is 10.7. The van der Waals surface area contributed by atoms with Gasteiger partial charge in [-0.1, -0.05) is 0 Å². The number of phenols is 1. The number of phenolic OH excluding ortho intramolecular Hbond substituents is 1. The topological polar surface area (TPSA) is 49.3 Å². The molecule has 1 amide bonds. The van der Waals surface area contributed by atoms with Crippen LogP contribution in [-0.4, -0.2) is 17.6 Å². The maximum Gasteiger partial charge on any atom is 0.255 e. The number of carbonyl (C=O) groups excluding carboxylic acids is 1. The number of benzene rings is 1. The lowest BCUT2D eigenvalue weighted by atomic mass is 10.1. The van der Waals surface area contributed by atoms with Gasteiger partial charge in [0, 0.05) is 12.6 Å². The van der Waals surface area contributed by atoms with Gasteiger partial charge in [-0.2, -0.15) is 0 Å². The normalized spacial score (nSPS) is 9.93. The number of nitrogens with one attached hydrogen (secondary N) is 1. The summed E-state index contributed by atoms with van der Waals surface area (Å²) < 4.78 is 25.2. The maximum atomic E-state index is 12.7. The number of hydrogen-bond acceptors (Lipinski definition) is 2. The third kappa shape index (κ3) is 1.99. The van der Waals surface area contributed by atoms with Crippen molar-refractivity contribution in [2.24, 2.45) is 0 Å². The minimum atomic E-state index is -1.18. The van der Waals surface area contributed by atoms with Crippen LogP contribution in [0.25, 0.3) is 0 Å². The van der Waals surface area contributed by atoms with Gasteiger partial charge in [-0.05, 0) is 13.0 Å². The van der Waals surface area contributed by atoms with E-state index in [0.29, 0.717) is 18.7 Å². The summed E-state index contributed by atoms with van der Waals surface area (Å²) in [6.45, 7) is 2.02. The Morgan fingerprint density at radius 3 is 2.57 bits per heavy atom. The molecule has 0 aliphatic rings. The predicted molar refractivity (Wildman–Crippen MR) is 46.0 cm³/mol. The summed E-state index contributed by atoms with van der Waals surface area (Å²) in [7, 11) is 0. The summed E-state index contributed by atoms with van der Waals surface area (Å²) in [5.74, 6) is -3.56. The molecule has 0 saturated carbocycles. The zero-order valence-corrected chi connectivity index (χ0v) is 7.47. The Morgan fingerprint density at radius 2 is 2.00 bits per heavy atom. The number of hydrogen-bond donors (Lipinski definition) is 2. The standard InChI is InChI=1S/C9H9F2NO2/c1-2-12-9(14)5-3-6(10)7(11)4-8(5)13/h3-4,13H,2H2,1H3,(H,12,14). The van der Waals surface area contributed by atoms with E-state index in [0.717, 1.165) is 0 Å². The number of rotatable bonds is 2. The molecule has 0 bridgehead atoms. The fourth-order valence-electron chi connectivity index (χ4n) is 0.974. The summed E-state index contributed by atoms with van der Waals surface area (Å²) >= 11 is 0. The number of amides is 1. The van der Waals surface area contributed by atoms with E-state index in [1.807, 2.05) is 0 Å². The van der Waals surface area contributed by atoms with E-state index < -0.39 is 23.3 Å². The molecule has 0 unspecified atom stereocenters. The maximum absolute atomic E-state index is 12.7. The molecule has 1 aromatic carbocycles. The van der Waals surface area contributed by atoms with E-state index in [-0.39, 0.29) is 5.56 Å². The molecule has 0 aromatic heterocycles. The van der Waals surface area contributed by atoms with Crippen LogP contribution in [-0.2, 0) is 0 Å². The van der Waals surface area contributed by atoms with Gasteiger partial charge in [0.15, 0.2) is 11.6 Å². The van der Waals surface area contributed by atoms with Crippen molar-refractivity contribution in [1.82, 2.24) is 5.32 Å². The summed E-state index contributed by atoms with van der Waals surface area (Å²) in [6, 6.07) is 1.23. The molecule has 1 rings (SSSR count). The molecule has 76 valence electrons. The molecular formula is C9H9F2NO2. The molecule has 5 heteroatoms. The first-order valence-electron chi connectivity index (χ1n) is 4.02. The van der Waals surface area contributed by atoms with Gasteiger partial charge in [0.2, 0.25) is 0 Å². The van der Waals surface area contributed by atoms with Crippen molar-refractivity contribution in [3.8, 4) is 5.75 Å². The fourth-order valence-corrected chi connectivity index (χ4v) is 0.974. The minimum Gasteiger partial charge on any atom is -0.507 e. The van der Waals surface area contributed by atoms with Crippen molar-refractivity contribution in [2.45, 2.75) is 6.92 Å². The quantitative estimate of drug-likeness (QED) is 0.760. The average molecular weight is 201 g/mol. The van der Waals surface area contributed by atoms with E-state index in [4.69, 9.17) is 5.11 Å². The first kappa shape index (κ1) is 10.4. The van der Waals surface area contributed by atoms with Gasteiger partial charge < -0.3 is 10.4 Å². The second-order valence-corrected chi connectivity index (χ2v) is 2.64. The van der Waals surface area contributed by atoms with E-state index in [2.05, 4.69) is 5.32 Å². The highest BCUT2D eigenvalue weighted by Crippen LogP contribution is 2.20. The molecule has 0 atom stereocenters. The second kappa shape index (κ2) is 4.04. The molecule has 3 nitrogen and oxygen atoms in total. The third-order valence-corrected chi connectivity index (χ3v) is 1.62. The molecule has 0 heterocycles. The van der Waals surface area contributed by atoms with Crippen LogP contribution in [0.1, 0.15) is 17.3 Å². The van der Waals surface area contributed by atoms with Crippen LogP contribution >= 0.6 is 0 Å². The summed E-state index contributed by atoms with van der Waals surface area (Å²) in [5.41, 5.74) is -0.272. The van der Waals surface area contributed by atoms with Gasteiger partial charge in [-0.15, -0.1) is 0 Å². The lowest BCUT2D eigenvalue weighted by Crippen LogP contribution is -2.22. The van der Waals surface area contributed by atoms with Crippen molar-refractivity contribution in [3.05, 3.63) is 29.3 Å². The first-order valence-corrected chi connectivity index (χ1v) is 4.02. The highest BCUT2D eigenvalue weighted by atomic mass is 19.2. The Morgan fingerprint density at radius 1 is 1.43 bits per heavy atom. The average Bonchev–Trinajstić information content (AvgIpc) is 2.11. The van der Waals surface area contributed by atoms with Crippen molar-refractivity contribution < 1.29 is 18.7 Å². The Labute approximate surface area is 79.4 Å². The molecule has 0 aliphatic carbocycles. The molecule has 1 aromatic rings. The Bertz CT molecular complexity index is 366. The third-order valence-electron chi connectivity index (χ3n) is 1.62. The predicted octanol–water partition coefficient (Wildman–Crippen LogP) is 1.42. The largest absolute Gasteiger partial charge is 0.507 e. The van der Waals surface area contributed by atoms with Crippen LogP contribution < -0.4 is 5.32 Å². The van der Waals surface area contributed by atoms with Crippen LogP contribution in [0.3, 0.4) is 0 Å². The number of aromatic hydroxyl groups is 1. The highest BCUT2D eigenvalue weighted by molar-refractivity contribution is 5.96. The minimum absolute atomic E-state index is 0.272.